The molecule has 178 valence electrons. The Morgan fingerprint density at radius 3 is 2.41 bits per heavy atom. The second-order valence-electron chi connectivity index (χ2n) is 8.59. The Morgan fingerprint density at radius 1 is 1.06 bits per heavy atom. The van der Waals surface area contributed by atoms with Crippen LogP contribution < -0.4 is 5.32 Å². The normalized spacial score (nSPS) is 17.6. The van der Waals surface area contributed by atoms with Gasteiger partial charge in [0.15, 0.2) is 0 Å². The van der Waals surface area contributed by atoms with Crippen molar-refractivity contribution in [3.63, 3.8) is 0 Å². The molecule has 4 rings (SSSR count). The van der Waals surface area contributed by atoms with Crippen molar-refractivity contribution < 1.29 is 22.4 Å². The lowest BCUT2D eigenvalue weighted by atomic mass is 9.97. The van der Waals surface area contributed by atoms with Crippen LogP contribution in [0, 0.1) is 5.82 Å². The minimum atomic E-state index is -4.08. The fraction of sp³-hybridized carbons (Fsp3) is 0.308. The summed E-state index contributed by atoms with van der Waals surface area (Å²) in [6, 6.07) is 11.6. The van der Waals surface area contributed by atoms with Crippen molar-refractivity contribution in [1.82, 2.24) is 9.62 Å². The molecule has 0 bridgehead atoms. The summed E-state index contributed by atoms with van der Waals surface area (Å²) >= 11 is 0. The van der Waals surface area contributed by atoms with E-state index in [1.54, 1.807) is 24.3 Å². The highest BCUT2D eigenvalue weighted by atomic mass is 32.2. The van der Waals surface area contributed by atoms with Gasteiger partial charge in [-0.05, 0) is 74.4 Å². The molecule has 0 fully saturated rings. The van der Waals surface area contributed by atoms with Gasteiger partial charge in [-0.25, -0.2) is 17.1 Å². The Morgan fingerprint density at radius 2 is 1.76 bits per heavy atom. The minimum absolute atomic E-state index is 0.0932. The Balaban J connectivity index is 1.41. The Kier molecular flexibility index (Phi) is 6.97. The molecule has 1 N–H and O–H groups in total. The highest BCUT2D eigenvalue weighted by Gasteiger charge is 2.42. The molecule has 2 aromatic carbocycles. The van der Waals surface area contributed by atoms with Crippen LogP contribution in [0.3, 0.4) is 0 Å². The zero-order valence-electron chi connectivity index (χ0n) is 19.0. The third-order valence-corrected chi connectivity index (χ3v) is 8.13. The van der Waals surface area contributed by atoms with Gasteiger partial charge in [-0.15, -0.1) is 0 Å². The van der Waals surface area contributed by atoms with Gasteiger partial charge in [0.1, 0.15) is 10.7 Å². The second-order valence-corrected chi connectivity index (χ2v) is 10.4. The molecule has 1 aliphatic heterocycles. The molecule has 2 aromatic rings. The maximum absolute atomic E-state index is 13.3. The standard InChI is InChI=1S/C26H27FN2O4S/c1-18-24(21-11-13-23(27)14-12-21)34(32,33)29(26(18)31)17-20-7-9-22(10-8-20)25(30)28-16-15-19-5-3-2-4-6-19/h5,7-14H,2-4,6,15-17H2,1H3,(H,28,30). The van der Waals surface area contributed by atoms with Crippen LogP contribution in [0.1, 0.15) is 60.5 Å². The Bertz CT molecular complexity index is 1260. The van der Waals surface area contributed by atoms with Gasteiger partial charge >= 0.3 is 0 Å². The van der Waals surface area contributed by atoms with Gasteiger partial charge < -0.3 is 5.32 Å². The van der Waals surface area contributed by atoms with E-state index in [1.165, 1.54) is 37.5 Å². The van der Waals surface area contributed by atoms with Crippen molar-refractivity contribution >= 4 is 26.7 Å². The highest BCUT2D eigenvalue weighted by Crippen LogP contribution is 2.36. The van der Waals surface area contributed by atoms with Crippen LogP contribution in [0.25, 0.3) is 4.91 Å². The van der Waals surface area contributed by atoms with Crippen LogP contribution in [0.2, 0.25) is 0 Å². The molecule has 2 aliphatic rings. The van der Waals surface area contributed by atoms with Gasteiger partial charge in [-0.2, -0.15) is 0 Å². The summed E-state index contributed by atoms with van der Waals surface area (Å²) in [5.41, 5.74) is 2.80. The summed E-state index contributed by atoms with van der Waals surface area (Å²) in [4.78, 5) is 25.1. The molecule has 0 unspecified atom stereocenters. The number of hydrogen-bond donors (Lipinski definition) is 1. The molecule has 2 amide bonds. The molecule has 1 aliphatic carbocycles. The summed E-state index contributed by atoms with van der Waals surface area (Å²) in [6.45, 7) is 1.87. The third-order valence-electron chi connectivity index (χ3n) is 6.20. The van der Waals surface area contributed by atoms with Gasteiger partial charge in [0.05, 0.1) is 6.54 Å². The SMILES string of the molecule is CC1=C(c2ccc(F)cc2)S(=O)(=O)N(Cc2ccc(C(=O)NCCC3=CCCCC3)cc2)C1=O. The number of carbonyl (C=O) groups is 2. The zero-order valence-corrected chi connectivity index (χ0v) is 19.8. The van der Waals surface area contributed by atoms with Crippen molar-refractivity contribution in [2.75, 3.05) is 6.54 Å². The summed E-state index contributed by atoms with van der Waals surface area (Å²) in [5, 5.41) is 2.92. The predicted octanol–water partition coefficient (Wildman–Crippen LogP) is 4.55. The van der Waals surface area contributed by atoms with Crippen molar-refractivity contribution in [3.8, 4) is 0 Å². The lowest BCUT2D eigenvalue weighted by molar-refractivity contribution is -0.122. The van der Waals surface area contributed by atoms with E-state index in [-0.39, 0.29) is 28.5 Å². The molecule has 0 saturated carbocycles. The van der Waals surface area contributed by atoms with Gasteiger partial charge in [-0.1, -0.05) is 35.9 Å². The first kappa shape index (κ1) is 23.9. The number of rotatable bonds is 7. The van der Waals surface area contributed by atoms with Crippen molar-refractivity contribution in [3.05, 3.63) is 88.3 Å². The molecule has 0 saturated heterocycles. The van der Waals surface area contributed by atoms with E-state index in [2.05, 4.69) is 11.4 Å². The van der Waals surface area contributed by atoms with Crippen LogP contribution in [0.15, 0.2) is 65.8 Å². The molecule has 0 atom stereocenters. The smallest absolute Gasteiger partial charge is 0.268 e. The Hall–Kier alpha value is -3.26. The van der Waals surface area contributed by atoms with E-state index >= 15 is 0 Å². The summed E-state index contributed by atoms with van der Waals surface area (Å²) < 4.78 is 40.3. The molecule has 0 radical (unpaired) electrons. The first-order valence-corrected chi connectivity index (χ1v) is 12.8. The number of amides is 2. The van der Waals surface area contributed by atoms with Gasteiger partial charge in [0, 0.05) is 17.7 Å². The predicted molar refractivity (Wildman–Crippen MR) is 128 cm³/mol. The van der Waals surface area contributed by atoms with Gasteiger partial charge in [-0.3, -0.25) is 9.59 Å². The summed E-state index contributed by atoms with van der Waals surface area (Å²) in [5.74, 6) is -1.29. The van der Waals surface area contributed by atoms with E-state index in [9.17, 15) is 22.4 Å². The fourth-order valence-corrected chi connectivity index (χ4v) is 6.12. The number of sulfonamides is 1. The molecule has 34 heavy (non-hydrogen) atoms. The number of nitrogens with zero attached hydrogens (tertiary/aromatic N) is 1. The third kappa shape index (κ3) is 4.97. The van der Waals surface area contributed by atoms with Crippen LogP contribution in [0.4, 0.5) is 4.39 Å². The number of allylic oxidation sites excluding steroid dienone is 1. The first-order valence-electron chi connectivity index (χ1n) is 11.4. The molecular weight excluding hydrogens is 455 g/mol. The molecule has 6 nitrogen and oxygen atoms in total. The summed E-state index contributed by atoms with van der Waals surface area (Å²) in [7, 11) is -4.08. The van der Waals surface area contributed by atoms with E-state index in [0.29, 0.717) is 17.7 Å². The number of nitrogens with one attached hydrogen (secondary N) is 1. The van der Waals surface area contributed by atoms with Crippen LogP contribution in [0.5, 0.6) is 0 Å². The fourth-order valence-electron chi connectivity index (χ4n) is 4.32. The van der Waals surface area contributed by atoms with Crippen molar-refractivity contribution in [2.24, 2.45) is 0 Å². The molecule has 0 spiro atoms. The largest absolute Gasteiger partial charge is 0.352 e. The first-order chi connectivity index (χ1) is 16.3. The lowest BCUT2D eigenvalue weighted by Crippen LogP contribution is -2.31. The van der Waals surface area contributed by atoms with Crippen LogP contribution in [-0.4, -0.2) is 31.1 Å². The maximum atomic E-state index is 13.3. The quantitative estimate of drug-likeness (QED) is 0.587. The topological polar surface area (TPSA) is 83.6 Å². The molecule has 8 heteroatoms. The highest BCUT2D eigenvalue weighted by molar-refractivity contribution is 7.99. The van der Waals surface area contributed by atoms with Crippen LogP contribution >= 0.6 is 0 Å². The van der Waals surface area contributed by atoms with E-state index in [0.717, 1.165) is 35.7 Å². The maximum Gasteiger partial charge on any atom is 0.268 e. The number of hydrogen-bond acceptors (Lipinski definition) is 4. The Labute approximate surface area is 199 Å². The van der Waals surface area contributed by atoms with Gasteiger partial charge in [0.25, 0.3) is 21.8 Å². The number of benzene rings is 2. The van der Waals surface area contributed by atoms with E-state index in [4.69, 9.17) is 0 Å². The monoisotopic (exact) mass is 482 g/mol. The zero-order chi connectivity index (χ0) is 24.3. The van der Waals surface area contributed by atoms with E-state index < -0.39 is 21.7 Å². The molecule has 1 heterocycles. The lowest BCUT2D eigenvalue weighted by Gasteiger charge is -2.17. The average Bonchev–Trinajstić information content (AvgIpc) is 3.00. The number of carbonyl (C=O) groups excluding carboxylic acids is 2. The van der Waals surface area contributed by atoms with Crippen molar-refractivity contribution in [1.29, 1.82) is 0 Å². The van der Waals surface area contributed by atoms with Crippen molar-refractivity contribution in [2.45, 2.75) is 45.6 Å². The average molecular weight is 483 g/mol. The number of halogens is 1. The van der Waals surface area contributed by atoms with E-state index in [1.807, 2.05) is 0 Å². The molecule has 0 aromatic heterocycles. The van der Waals surface area contributed by atoms with Gasteiger partial charge in [0.2, 0.25) is 0 Å². The van der Waals surface area contributed by atoms with Crippen LogP contribution in [-0.2, 0) is 21.4 Å². The molecular formula is C26H27FN2O4S. The minimum Gasteiger partial charge on any atom is -0.352 e. The summed E-state index contributed by atoms with van der Waals surface area (Å²) in [6.07, 6.45) is 7.75. The second kappa shape index (κ2) is 9.93.